The van der Waals surface area contributed by atoms with Crippen molar-refractivity contribution in [3.8, 4) is 0 Å². The Morgan fingerprint density at radius 1 is 0.580 bits per heavy atom. The molecule has 0 heterocycles. The zero-order chi connectivity index (χ0) is 37.4. The van der Waals surface area contributed by atoms with Gasteiger partial charge in [-0.05, 0) is 115 Å². The second-order valence-corrected chi connectivity index (χ2v) is 16.6. The standard InChI is InChI=1S/C40H72F4NO4P/c1-5-7-27-39(41,42)29-17-20-32-48-37(46)25-15-11-9-13-22-34-50(36-24-19-31-45(3)4)35-23-14-10-12-16-26-38(47)49-33-21-18-30-40(43,44)28-8-6-2/h17-18,29-30H,5-16,19-28,31-36H2,1-4H3/b29-17-,30-18-. The van der Waals surface area contributed by atoms with Gasteiger partial charge in [-0.2, -0.15) is 0 Å². The predicted molar refractivity (Wildman–Crippen MR) is 203 cm³/mol. The Balaban J connectivity index is 4.07. The van der Waals surface area contributed by atoms with E-state index in [0.717, 1.165) is 70.1 Å². The molecule has 0 saturated heterocycles. The molecule has 294 valence electrons. The van der Waals surface area contributed by atoms with Gasteiger partial charge in [0.25, 0.3) is 11.8 Å². The quantitative estimate of drug-likeness (QED) is 0.0213. The Morgan fingerprint density at radius 2 is 0.960 bits per heavy atom. The first kappa shape index (κ1) is 48.5. The summed E-state index contributed by atoms with van der Waals surface area (Å²) >= 11 is 0. The zero-order valence-electron chi connectivity index (χ0n) is 32.1. The molecule has 0 radical (unpaired) electrons. The summed E-state index contributed by atoms with van der Waals surface area (Å²) in [5.41, 5.74) is 0. The molecule has 0 aliphatic heterocycles. The van der Waals surface area contributed by atoms with Crippen LogP contribution in [0.2, 0.25) is 0 Å². The van der Waals surface area contributed by atoms with Crippen LogP contribution in [0.5, 0.6) is 0 Å². The normalized spacial score (nSPS) is 12.6. The number of nitrogens with zero attached hydrogens (tertiary/aromatic N) is 1. The van der Waals surface area contributed by atoms with Crippen LogP contribution in [-0.2, 0) is 19.1 Å². The molecule has 50 heavy (non-hydrogen) atoms. The Hall–Kier alpha value is -1.47. The molecule has 5 nitrogen and oxygen atoms in total. The van der Waals surface area contributed by atoms with Crippen LogP contribution in [0.15, 0.2) is 24.3 Å². The van der Waals surface area contributed by atoms with Gasteiger partial charge in [-0.1, -0.05) is 77.4 Å². The number of esters is 2. The van der Waals surface area contributed by atoms with Gasteiger partial charge in [-0.25, -0.2) is 17.6 Å². The molecule has 0 aromatic carbocycles. The molecule has 0 unspecified atom stereocenters. The van der Waals surface area contributed by atoms with Gasteiger partial charge in [0, 0.05) is 25.7 Å². The summed E-state index contributed by atoms with van der Waals surface area (Å²) < 4.78 is 64.9. The van der Waals surface area contributed by atoms with Gasteiger partial charge in [-0.15, -0.1) is 7.92 Å². The molecular weight excluding hydrogens is 665 g/mol. The van der Waals surface area contributed by atoms with E-state index in [-0.39, 0.29) is 45.9 Å². The number of hydrogen-bond donors (Lipinski definition) is 0. The maximum absolute atomic E-state index is 13.6. The molecule has 0 aromatic heterocycles. The van der Waals surface area contributed by atoms with Crippen LogP contribution in [0, 0.1) is 0 Å². The van der Waals surface area contributed by atoms with Crippen molar-refractivity contribution in [2.24, 2.45) is 0 Å². The molecule has 0 aliphatic rings. The van der Waals surface area contributed by atoms with Gasteiger partial charge < -0.3 is 14.4 Å². The fraction of sp³-hybridized carbons (Fsp3) is 0.850. The number of ether oxygens (including phenoxy) is 2. The lowest BCUT2D eigenvalue weighted by atomic mass is 10.1. The largest absolute Gasteiger partial charge is 0.465 e. The molecule has 10 heteroatoms. The Kier molecular flexibility index (Phi) is 31.3. The van der Waals surface area contributed by atoms with Crippen molar-refractivity contribution in [2.75, 3.05) is 52.3 Å². The van der Waals surface area contributed by atoms with Crippen LogP contribution in [-0.4, -0.2) is 81.0 Å². The third-order valence-corrected chi connectivity index (χ3v) is 11.4. The van der Waals surface area contributed by atoms with E-state index in [0.29, 0.717) is 38.5 Å². The Labute approximate surface area is 304 Å². The molecule has 0 atom stereocenters. The minimum atomic E-state index is -2.78. The molecule has 0 bridgehead atoms. The topological polar surface area (TPSA) is 55.8 Å². The van der Waals surface area contributed by atoms with Crippen LogP contribution in [0.4, 0.5) is 17.6 Å². The van der Waals surface area contributed by atoms with Gasteiger partial charge >= 0.3 is 11.9 Å². The lowest BCUT2D eigenvalue weighted by molar-refractivity contribution is -0.144. The maximum atomic E-state index is 13.6. The molecule has 0 fully saturated rings. The minimum absolute atomic E-state index is 0.0250. The third kappa shape index (κ3) is 33.7. The van der Waals surface area contributed by atoms with Crippen molar-refractivity contribution in [3.63, 3.8) is 0 Å². The summed E-state index contributed by atoms with van der Waals surface area (Å²) in [6.45, 7) is 5.21. The lowest BCUT2D eigenvalue weighted by Crippen LogP contribution is -2.13. The molecule has 0 saturated carbocycles. The number of alkyl halides is 4. The monoisotopic (exact) mass is 738 g/mol. The van der Waals surface area contributed by atoms with Crippen molar-refractivity contribution < 1.29 is 36.6 Å². The first-order chi connectivity index (χ1) is 23.9. The molecule has 0 amide bonds. The lowest BCUT2D eigenvalue weighted by Gasteiger charge is -2.18. The maximum Gasteiger partial charge on any atom is 0.305 e. The second kappa shape index (κ2) is 32.2. The van der Waals surface area contributed by atoms with E-state index >= 15 is 0 Å². The summed E-state index contributed by atoms with van der Waals surface area (Å²) in [5.74, 6) is -6.05. The number of unbranched alkanes of at least 4 members (excludes halogenated alkanes) is 11. The number of rotatable bonds is 35. The smallest absolute Gasteiger partial charge is 0.305 e. The van der Waals surface area contributed by atoms with E-state index in [4.69, 9.17) is 9.47 Å². The van der Waals surface area contributed by atoms with Crippen molar-refractivity contribution in [3.05, 3.63) is 24.3 Å². The van der Waals surface area contributed by atoms with Crippen molar-refractivity contribution in [1.29, 1.82) is 0 Å². The van der Waals surface area contributed by atoms with Gasteiger partial charge in [0.1, 0.15) is 0 Å². The van der Waals surface area contributed by atoms with Gasteiger partial charge in [0.15, 0.2) is 0 Å². The van der Waals surface area contributed by atoms with Crippen LogP contribution in [0.1, 0.15) is 155 Å². The van der Waals surface area contributed by atoms with Crippen LogP contribution >= 0.6 is 7.92 Å². The number of carbonyl (C=O) groups excluding carboxylic acids is 2. The number of carbonyl (C=O) groups is 2. The summed E-state index contributed by atoms with van der Waals surface area (Å²) in [6.07, 6.45) is 25.4. The van der Waals surface area contributed by atoms with E-state index < -0.39 is 11.8 Å². The number of allylic oxidation sites excluding steroid dienone is 2. The molecule has 0 rings (SSSR count). The van der Waals surface area contributed by atoms with E-state index in [9.17, 15) is 27.2 Å². The number of halogens is 4. The second-order valence-electron chi connectivity index (χ2n) is 13.9. The summed E-state index contributed by atoms with van der Waals surface area (Å²) in [7, 11) is 4.27. The van der Waals surface area contributed by atoms with E-state index in [2.05, 4.69) is 19.0 Å². The highest BCUT2D eigenvalue weighted by molar-refractivity contribution is 7.57. The SMILES string of the molecule is CCCCC(F)(F)/C=C\CCOC(=O)CCCCCCCP(CCCCCCCC(=O)OCC/C=C\C(F)(F)CCCC)CCCCN(C)C. The van der Waals surface area contributed by atoms with Crippen molar-refractivity contribution >= 4 is 19.9 Å². The highest BCUT2D eigenvalue weighted by Gasteiger charge is 2.24. The van der Waals surface area contributed by atoms with Crippen molar-refractivity contribution in [1.82, 2.24) is 4.90 Å². The Morgan fingerprint density at radius 3 is 1.36 bits per heavy atom. The van der Waals surface area contributed by atoms with Crippen LogP contribution in [0.25, 0.3) is 0 Å². The van der Waals surface area contributed by atoms with Gasteiger partial charge in [0.05, 0.1) is 13.2 Å². The van der Waals surface area contributed by atoms with Crippen LogP contribution < -0.4 is 0 Å². The first-order valence-electron chi connectivity index (χ1n) is 19.7. The number of hydrogen-bond acceptors (Lipinski definition) is 5. The molecular formula is C40H72F4NO4P. The first-order valence-corrected chi connectivity index (χ1v) is 21.6. The minimum Gasteiger partial charge on any atom is -0.465 e. The fourth-order valence-electron chi connectivity index (χ4n) is 5.50. The predicted octanol–water partition coefficient (Wildman–Crippen LogP) is 12.1. The molecule has 0 aromatic rings. The van der Waals surface area contributed by atoms with E-state index in [1.54, 1.807) is 0 Å². The third-order valence-electron chi connectivity index (χ3n) is 8.59. The molecule has 0 aliphatic carbocycles. The molecule has 0 spiro atoms. The fourth-order valence-corrected chi connectivity index (χ4v) is 8.18. The van der Waals surface area contributed by atoms with Gasteiger partial charge in [0.2, 0.25) is 0 Å². The summed E-state index contributed by atoms with van der Waals surface area (Å²) in [4.78, 5) is 26.2. The average molecular weight is 738 g/mol. The van der Waals surface area contributed by atoms with Crippen molar-refractivity contribution in [2.45, 2.75) is 167 Å². The Bertz CT molecular complexity index is 823. The van der Waals surface area contributed by atoms with E-state index in [1.807, 2.05) is 13.8 Å². The summed E-state index contributed by atoms with van der Waals surface area (Å²) in [5, 5.41) is 0. The zero-order valence-corrected chi connectivity index (χ0v) is 33.0. The van der Waals surface area contributed by atoms with Gasteiger partial charge in [-0.3, -0.25) is 9.59 Å². The molecule has 0 N–H and O–H groups in total. The highest BCUT2D eigenvalue weighted by atomic mass is 31.1. The average Bonchev–Trinajstić information content (AvgIpc) is 3.06. The van der Waals surface area contributed by atoms with E-state index in [1.165, 1.54) is 69.2 Å². The summed E-state index contributed by atoms with van der Waals surface area (Å²) in [6, 6.07) is 0. The van der Waals surface area contributed by atoms with Crippen LogP contribution in [0.3, 0.4) is 0 Å². The highest BCUT2D eigenvalue weighted by Crippen LogP contribution is 2.39.